The van der Waals surface area contributed by atoms with Crippen molar-refractivity contribution in [1.29, 1.82) is 0 Å². The van der Waals surface area contributed by atoms with Crippen LogP contribution in [0.25, 0.3) is 5.78 Å². The zero-order valence-electron chi connectivity index (χ0n) is 9.36. The summed E-state index contributed by atoms with van der Waals surface area (Å²) in [4.78, 5) is 4.46. The van der Waals surface area contributed by atoms with Gasteiger partial charge in [-0.25, -0.2) is 4.57 Å². The van der Waals surface area contributed by atoms with Crippen LogP contribution in [0, 0.1) is 13.8 Å². The maximum absolute atomic E-state index is 5.85. The van der Waals surface area contributed by atoms with E-state index in [9.17, 15) is 0 Å². The van der Waals surface area contributed by atoms with Gasteiger partial charge in [0.15, 0.2) is 0 Å². The first-order valence-electron chi connectivity index (χ1n) is 5.15. The fourth-order valence-corrected chi connectivity index (χ4v) is 1.75. The highest BCUT2D eigenvalue weighted by atomic mass is 15.4. The summed E-state index contributed by atoms with van der Waals surface area (Å²) in [5, 5.41) is 4.27. The van der Waals surface area contributed by atoms with E-state index in [-0.39, 0.29) is 0 Å². The van der Waals surface area contributed by atoms with Crippen LogP contribution in [0.15, 0.2) is 6.07 Å². The number of aromatic nitrogens is 4. The van der Waals surface area contributed by atoms with Crippen molar-refractivity contribution in [2.45, 2.75) is 33.7 Å². The molecule has 0 atom stereocenters. The maximum Gasteiger partial charge on any atom is 0.358 e. The van der Waals surface area contributed by atoms with Gasteiger partial charge in [0.2, 0.25) is 0 Å². The lowest BCUT2D eigenvalue weighted by Gasteiger charge is -1.97. The molecule has 0 fully saturated rings. The molecule has 80 valence electrons. The van der Waals surface area contributed by atoms with Gasteiger partial charge in [0.05, 0.1) is 17.9 Å². The zero-order chi connectivity index (χ0) is 11.0. The number of hydrogen-bond acceptors (Lipinski definition) is 3. The Labute approximate surface area is 88.6 Å². The van der Waals surface area contributed by atoms with Gasteiger partial charge in [-0.3, -0.25) is 0 Å². The Hall–Kier alpha value is -1.65. The van der Waals surface area contributed by atoms with Crippen LogP contribution in [0.2, 0.25) is 0 Å². The van der Waals surface area contributed by atoms with E-state index in [1.807, 2.05) is 24.5 Å². The molecule has 2 N–H and O–H groups in total. The van der Waals surface area contributed by atoms with Gasteiger partial charge in [-0.15, -0.1) is 9.50 Å². The third kappa shape index (κ3) is 1.54. The molecule has 2 aromatic rings. The third-order valence-electron chi connectivity index (χ3n) is 2.39. The Bertz CT molecular complexity index is 500. The number of fused-ring (bicyclic) bond motifs is 1. The van der Waals surface area contributed by atoms with Gasteiger partial charge in [-0.05, 0) is 20.3 Å². The topological polar surface area (TPSA) is 60.1 Å². The van der Waals surface area contributed by atoms with E-state index in [2.05, 4.69) is 17.0 Å². The van der Waals surface area contributed by atoms with Gasteiger partial charge < -0.3 is 5.73 Å². The Morgan fingerprint density at radius 1 is 1.47 bits per heavy atom. The molecule has 2 rings (SSSR count). The Morgan fingerprint density at radius 3 is 2.87 bits per heavy atom. The second-order valence-electron chi connectivity index (χ2n) is 3.76. The molecule has 0 aliphatic heterocycles. The minimum absolute atomic E-state index is 0.526. The number of rotatable bonds is 2. The number of hydrogen-bond donors (Lipinski definition) is 1. The number of nitrogens with zero attached hydrogens (tertiary/aromatic N) is 4. The van der Waals surface area contributed by atoms with E-state index < -0.39 is 0 Å². The number of nitrogen functional groups attached to an aromatic ring is 1. The average molecular weight is 206 g/mol. The summed E-state index contributed by atoms with van der Waals surface area (Å²) < 4.78 is 3.73. The SMILES string of the molecule is CCC[n+]1c(N)nn2c(C)cc(C)nc21. The lowest BCUT2D eigenvalue weighted by atomic mass is 10.3. The minimum atomic E-state index is 0.526. The average Bonchev–Trinajstić information content (AvgIpc) is 2.46. The van der Waals surface area contributed by atoms with E-state index in [0.717, 1.165) is 30.1 Å². The first-order valence-corrected chi connectivity index (χ1v) is 5.15. The van der Waals surface area contributed by atoms with Crippen molar-refractivity contribution in [3.63, 3.8) is 0 Å². The second-order valence-corrected chi connectivity index (χ2v) is 3.76. The molecule has 2 heterocycles. The molecule has 15 heavy (non-hydrogen) atoms. The summed E-state index contributed by atoms with van der Waals surface area (Å²) in [5.74, 6) is 1.35. The third-order valence-corrected chi connectivity index (χ3v) is 2.39. The lowest BCUT2D eigenvalue weighted by molar-refractivity contribution is -0.660. The Balaban J connectivity index is 2.74. The number of anilines is 1. The van der Waals surface area contributed by atoms with Crippen LogP contribution in [0.4, 0.5) is 5.95 Å². The molecule has 0 aliphatic carbocycles. The fourth-order valence-electron chi connectivity index (χ4n) is 1.75. The van der Waals surface area contributed by atoms with Crippen molar-refractivity contribution >= 4 is 11.7 Å². The molecular formula is C10H16N5+. The molecule has 0 amide bonds. The highest BCUT2D eigenvalue weighted by Crippen LogP contribution is 2.04. The molecule has 5 nitrogen and oxygen atoms in total. The lowest BCUT2D eigenvalue weighted by Crippen LogP contribution is -2.36. The van der Waals surface area contributed by atoms with Crippen molar-refractivity contribution in [3.8, 4) is 0 Å². The largest absolute Gasteiger partial charge is 0.358 e. The van der Waals surface area contributed by atoms with Gasteiger partial charge in [-0.2, -0.15) is 0 Å². The van der Waals surface area contributed by atoms with Crippen LogP contribution in [-0.2, 0) is 6.54 Å². The molecule has 0 saturated carbocycles. The molecule has 0 aliphatic rings. The summed E-state index contributed by atoms with van der Waals surface area (Å²) in [5.41, 5.74) is 7.89. The highest BCUT2D eigenvalue weighted by Gasteiger charge is 2.18. The van der Waals surface area contributed by atoms with Crippen molar-refractivity contribution < 1.29 is 4.57 Å². The van der Waals surface area contributed by atoms with E-state index in [0.29, 0.717) is 5.95 Å². The second kappa shape index (κ2) is 3.49. The molecule has 0 aromatic carbocycles. The Morgan fingerprint density at radius 2 is 2.20 bits per heavy atom. The van der Waals surface area contributed by atoms with Gasteiger partial charge in [0.25, 0.3) is 0 Å². The molecule has 0 radical (unpaired) electrons. The van der Waals surface area contributed by atoms with Crippen LogP contribution in [0.3, 0.4) is 0 Å². The van der Waals surface area contributed by atoms with Crippen LogP contribution in [0.1, 0.15) is 24.7 Å². The highest BCUT2D eigenvalue weighted by molar-refractivity contribution is 5.28. The fraction of sp³-hybridized carbons (Fsp3) is 0.500. The molecule has 2 aromatic heterocycles. The van der Waals surface area contributed by atoms with Crippen LogP contribution in [-0.4, -0.2) is 14.6 Å². The minimum Gasteiger partial charge on any atom is -0.318 e. The van der Waals surface area contributed by atoms with Gasteiger partial charge >= 0.3 is 11.7 Å². The van der Waals surface area contributed by atoms with Gasteiger partial charge in [0, 0.05) is 11.2 Å². The summed E-state index contributed by atoms with van der Waals surface area (Å²) in [6.45, 7) is 6.95. The smallest absolute Gasteiger partial charge is 0.318 e. The van der Waals surface area contributed by atoms with Gasteiger partial charge in [0.1, 0.15) is 0 Å². The van der Waals surface area contributed by atoms with E-state index in [1.165, 1.54) is 0 Å². The summed E-state index contributed by atoms with van der Waals surface area (Å²) in [7, 11) is 0. The number of nitrogens with two attached hydrogens (primary N) is 1. The maximum atomic E-state index is 5.85. The monoisotopic (exact) mass is 206 g/mol. The summed E-state index contributed by atoms with van der Waals surface area (Å²) >= 11 is 0. The van der Waals surface area contributed by atoms with Crippen LogP contribution < -0.4 is 10.3 Å². The molecule has 0 spiro atoms. The molecule has 5 heteroatoms. The van der Waals surface area contributed by atoms with Crippen LogP contribution >= 0.6 is 0 Å². The van der Waals surface area contributed by atoms with Crippen molar-refractivity contribution in [2.24, 2.45) is 0 Å². The van der Waals surface area contributed by atoms with E-state index in [4.69, 9.17) is 5.73 Å². The summed E-state index contributed by atoms with van der Waals surface area (Å²) in [6, 6.07) is 2.00. The first-order chi connectivity index (χ1) is 7.13. The van der Waals surface area contributed by atoms with E-state index in [1.54, 1.807) is 4.52 Å². The molecular weight excluding hydrogens is 190 g/mol. The van der Waals surface area contributed by atoms with Crippen molar-refractivity contribution in [3.05, 3.63) is 17.5 Å². The standard InChI is InChI=1S/C10H16N5/c1-4-5-14-9(11)13-15-8(3)6-7(2)12-10(14)15/h6H,4-5H2,1-3H3,(H2,11,13)/q+1. The molecule has 0 bridgehead atoms. The van der Waals surface area contributed by atoms with E-state index >= 15 is 0 Å². The number of aryl methyl sites for hydroxylation is 3. The normalized spacial score (nSPS) is 11.1. The molecule has 0 unspecified atom stereocenters. The Kier molecular flexibility index (Phi) is 2.30. The quantitative estimate of drug-likeness (QED) is 0.733. The predicted octanol–water partition coefficient (Wildman–Crippen LogP) is 0.626. The zero-order valence-corrected chi connectivity index (χ0v) is 9.36. The molecule has 0 saturated heterocycles. The predicted molar refractivity (Wildman–Crippen MR) is 57.4 cm³/mol. The van der Waals surface area contributed by atoms with Gasteiger partial charge in [-0.1, -0.05) is 6.92 Å². The van der Waals surface area contributed by atoms with Crippen molar-refractivity contribution in [2.75, 3.05) is 5.73 Å². The van der Waals surface area contributed by atoms with Crippen molar-refractivity contribution in [1.82, 2.24) is 14.6 Å². The summed E-state index contributed by atoms with van der Waals surface area (Å²) in [6.07, 6.45) is 1.02. The van der Waals surface area contributed by atoms with Crippen LogP contribution in [0.5, 0.6) is 0 Å². The first kappa shape index (κ1) is 9.89.